The van der Waals surface area contributed by atoms with Crippen molar-refractivity contribution in [3.63, 3.8) is 0 Å². The topological polar surface area (TPSA) is 60.7 Å². The van der Waals surface area contributed by atoms with Gasteiger partial charge in [-0.2, -0.15) is 0 Å². The third kappa shape index (κ3) is 5.41. The Morgan fingerprint density at radius 1 is 0.963 bits per heavy atom. The van der Waals surface area contributed by atoms with Gasteiger partial charge < -0.3 is 19.1 Å². The predicted octanol–water partition coefficient (Wildman–Crippen LogP) is 5.26. The number of benzene rings is 1. The number of ether oxygens (including phenoxy) is 2. The molecule has 0 atom stereocenters. The number of aromatic hydroxyl groups is 1. The summed E-state index contributed by atoms with van der Waals surface area (Å²) < 4.78 is 13.1. The Bertz CT molecular complexity index is 782. The van der Waals surface area contributed by atoms with Gasteiger partial charge in [0.05, 0.1) is 19.2 Å². The number of unbranched alkanes of at least 4 members (excludes halogenated alkanes) is 6. The van der Waals surface area contributed by atoms with Gasteiger partial charge in [-0.15, -0.1) is 0 Å². The van der Waals surface area contributed by atoms with E-state index in [-0.39, 0.29) is 17.1 Å². The average Bonchev–Trinajstić information content (AvgIpc) is 2.67. The molecular weight excluding hydrogens is 342 g/mol. The zero-order valence-corrected chi connectivity index (χ0v) is 16.9. The molecule has 1 N–H and O–H groups in total. The molecule has 2 aromatic rings. The summed E-state index contributed by atoms with van der Waals surface area (Å²) in [4.78, 5) is 13.1. The Balaban J connectivity index is 2.27. The molecule has 0 amide bonds. The van der Waals surface area contributed by atoms with Gasteiger partial charge >= 0.3 is 0 Å². The number of methoxy groups -OCH3 is 1. The molecule has 5 heteroatoms. The monoisotopic (exact) mass is 375 g/mol. The van der Waals surface area contributed by atoms with Crippen molar-refractivity contribution >= 4 is 10.9 Å². The largest absolute Gasteiger partial charge is 0.508 e. The van der Waals surface area contributed by atoms with Crippen LogP contribution in [-0.4, -0.2) is 23.4 Å². The maximum atomic E-state index is 13.1. The molecule has 150 valence electrons. The highest BCUT2D eigenvalue weighted by Crippen LogP contribution is 2.34. The molecule has 5 nitrogen and oxygen atoms in total. The number of hydrogen-bond donors (Lipinski definition) is 1. The Morgan fingerprint density at radius 2 is 1.67 bits per heavy atom. The lowest BCUT2D eigenvalue weighted by atomic mass is 10.1. The van der Waals surface area contributed by atoms with Crippen LogP contribution >= 0.6 is 0 Å². The van der Waals surface area contributed by atoms with E-state index in [0.29, 0.717) is 24.4 Å². The van der Waals surface area contributed by atoms with E-state index in [9.17, 15) is 9.90 Å². The number of rotatable bonds is 12. The van der Waals surface area contributed by atoms with Crippen molar-refractivity contribution in [2.24, 2.45) is 0 Å². The lowest BCUT2D eigenvalue weighted by Crippen LogP contribution is -2.24. The number of fused-ring (bicyclic) bond motifs is 1. The van der Waals surface area contributed by atoms with Gasteiger partial charge in [-0.1, -0.05) is 52.4 Å². The fourth-order valence-corrected chi connectivity index (χ4v) is 3.31. The second-order valence-electron chi connectivity index (χ2n) is 6.99. The summed E-state index contributed by atoms with van der Waals surface area (Å²) in [5.74, 6) is 0.865. The highest BCUT2D eigenvalue weighted by molar-refractivity contribution is 5.89. The highest BCUT2D eigenvalue weighted by atomic mass is 16.5. The van der Waals surface area contributed by atoms with Crippen LogP contribution in [0.25, 0.3) is 10.9 Å². The fourth-order valence-electron chi connectivity index (χ4n) is 3.31. The Kier molecular flexibility index (Phi) is 8.49. The molecule has 1 aromatic carbocycles. The van der Waals surface area contributed by atoms with Gasteiger partial charge in [0.2, 0.25) is 5.75 Å². The van der Waals surface area contributed by atoms with E-state index in [1.807, 2.05) is 0 Å². The molecule has 0 saturated heterocycles. The molecule has 0 spiro atoms. The molecule has 0 aliphatic rings. The zero-order chi connectivity index (χ0) is 19.6. The first-order chi connectivity index (χ1) is 13.1. The molecule has 0 unspecified atom stereocenters. The van der Waals surface area contributed by atoms with Gasteiger partial charge in [-0.25, -0.2) is 0 Å². The van der Waals surface area contributed by atoms with Crippen LogP contribution in [0.4, 0.5) is 0 Å². The summed E-state index contributed by atoms with van der Waals surface area (Å²) in [6.07, 6.45) is 8.85. The number of hydrogen-bond acceptors (Lipinski definition) is 4. The van der Waals surface area contributed by atoms with Crippen molar-refractivity contribution in [1.29, 1.82) is 0 Å². The molecular formula is C22H33NO4. The summed E-state index contributed by atoms with van der Waals surface area (Å²) in [5.41, 5.74) is 0.488. The van der Waals surface area contributed by atoms with Crippen LogP contribution in [-0.2, 0) is 6.54 Å². The number of phenols is 1. The van der Waals surface area contributed by atoms with Gasteiger partial charge in [0, 0.05) is 18.0 Å². The lowest BCUT2D eigenvalue weighted by Gasteiger charge is -2.17. The SMILES string of the molecule is CCCCCCCCOc1c(OC)c2ccc(O)cc2n(CCCC)c1=O. The summed E-state index contributed by atoms with van der Waals surface area (Å²) in [6.45, 7) is 5.39. The van der Waals surface area contributed by atoms with E-state index in [1.165, 1.54) is 25.7 Å². The summed E-state index contributed by atoms with van der Waals surface area (Å²) in [5, 5.41) is 10.7. The van der Waals surface area contributed by atoms with Crippen LogP contribution in [0.5, 0.6) is 17.2 Å². The molecule has 1 aromatic heterocycles. The smallest absolute Gasteiger partial charge is 0.297 e. The molecule has 0 aliphatic heterocycles. The number of nitrogens with zero attached hydrogens (tertiary/aromatic N) is 1. The molecule has 0 bridgehead atoms. The zero-order valence-electron chi connectivity index (χ0n) is 16.9. The standard InChI is InChI=1S/C22H33NO4/c1-4-6-8-9-10-11-15-27-21-20(26-3)18-13-12-17(24)16-19(18)23(22(21)25)14-7-5-2/h12-13,16,24H,4-11,14-15H2,1-3H3. The van der Waals surface area contributed by atoms with Crippen LogP contribution < -0.4 is 15.0 Å². The number of pyridine rings is 1. The van der Waals surface area contributed by atoms with Gasteiger partial charge in [0.15, 0.2) is 5.75 Å². The van der Waals surface area contributed by atoms with Crippen molar-refractivity contribution in [1.82, 2.24) is 4.57 Å². The Morgan fingerprint density at radius 3 is 2.37 bits per heavy atom. The average molecular weight is 376 g/mol. The first-order valence-electron chi connectivity index (χ1n) is 10.2. The Labute approximate surface area is 161 Å². The van der Waals surface area contributed by atoms with E-state index < -0.39 is 0 Å². The van der Waals surface area contributed by atoms with Crippen molar-refractivity contribution in [3.8, 4) is 17.2 Å². The van der Waals surface area contributed by atoms with Crippen LogP contribution in [0.3, 0.4) is 0 Å². The highest BCUT2D eigenvalue weighted by Gasteiger charge is 2.19. The molecule has 27 heavy (non-hydrogen) atoms. The third-order valence-corrected chi connectivity index (χ3v) is 4.85. The van der Waals surface area contributed by atoms with Gasteiger partial charge in [-0.3, -0.25) is 4.79 Å². The minimum absolute atomic E-state index is 0.134. The molecule has 0 fully saturated rings. The number of phenolic OH excluding ortho intramolecular Hbond substituents is 1. The quantitative estimate of drug-likeness (QED) is 0.514. The van der Waals surface area contributed by atoms with E-state index in [1.54, 1.807) is 29.9 Å². The molecule has 0 saturated carbocycles. The predicted molar refractivity (Wildman–Crippen MR) is 110 cm³/mol. The van der Waals surface area contributed by atoms with Crippen molar-refractivity contribution in [2.75, 3.05) is 13.7 Å². The minimum Gasteiger partial charge on any atom is -0.508 e. The molecule has 1 heterocycles. The number of aromatic nitrogens is 1. The first-order valence-corrected chi connectivity index (χ1v) is 10.2. The van der Waals surface area contributed by atoms with E-state index in [4.69, 9.17) is 9.47 Å². The van der Waals surface area contributed by atoms with Crippen LogP contribution in [0, 0.1) is 0 Å². The maximum Gasteiger partial charge on any atom is 0.297 e. The first kappa shape index (κ1) is 21.1. The van der Waals surface area contributed by atoms with Gasteiger partial charge in [-0.05, 0) is 25.0 Å². The van der Waals surface area contributed by atoms with E-state index in [2.05, 4.69) is 13.8 Å². The number of aryl methyl sites for hydroxylation is 1. The van der Waals surface area contributed by atoms with Gasteiger partial charge in [0.1, 0.15) is 5.75 Å². The fraction of sp³-hybridized carbons (Fsp3) is 0.591. The second-order valence-corrected chi connectivity index (χ2v) is 6.99. The van der Waals surface area contributed by atoms with Crippen molar-refractivity contribution in [2.45, 2.75) is 71.8 Å². The third-order valence-electron chi connectivity index (χ3n) is 4.85. The Hall–Kier alpha value is -2.17. The molecule has 0 radical (unpaired) electrons. The van der Waals surface area contributed by atoms with Gasteiger partial charge in [0.25, 0.3) is 5.56 Å². The van der Waals surface area contributed by atoms with Crippen LogP contribution in [0.2, 0.25) is 0 Å². The van der Waals surface area contributed by atoms with Crippen molar-refractivity contribution < 1.29 is 14.6 Å². The molecule has 0 aliphatic carbocycles. The maximum absolute atomic E-state index is 13.1. The van der Waals surface area contributed by atoms with E-state index in [0.717, 1.165) is 31.1 Å². The lowest BCUT2D eigenvalue weighted by molar-refractivity contribution is 0.280. The summed E-state index contributed by atoms with van der Waals surface area (Å²) in [7, 11) is 1.55. The normalized spacial score (nSPS) is 11.1. The van der Waals surface area contributed by atoms with Crippen LogP contribution in [0.15, 0.2) is 23.0 Å². The summed E-state index contributed by atoms with van der Waals surface area (Å²) in [6, 6.07) is 5.01. The molecule has 2 rings (SSSR count). The summed E-state index contributed by atoms with van der Waals surface area (Å²) >= 11 is 0. The van der Waals surface area contributed by atoms with Crippen molar-refractivity contribution in [3.05, 3.63) is 28.6 Å². The van der Waals surface area contributed by atoms with E-state index >= 15 is 0 Å². The second kappa shape index (κ2) is 10.9. The van der Waals surface area contributed by atoms with Crippen LogP contribution in [0.1, 0.15) is 65.2 Å². The minimum atomic E-state index is -0.190.